The van der Waals surface area contributed by atoms with Gasteiger partial charge in [0, 0.05) is 0 Å². The summed E-state index contributed by atoms with van der Waals surface area (Å²) in [6.45, 7) is 8.06. The van der Waals surface area contributed by atoms with Crippen molar-refractivity contribution in [3.05, 3.63) is 96.1 Å². The van der Waals surface area contributed by atoms with Gasteiger partial charge in [-0.05, 0) is 41.8 Å². The molecule has 0 fully saturated rings. The Hall–Kier alpha value is -3.00. The van der Waals surface area contributed by atoms with Crippen molar-refractivity contribution in [1.29, 1.82) is 0 Å². The van der Waals surface area contributed by atoms with Crippen LogP contribution in [0.2, 0.25) is 0 Å². The van der Waals surface area contributed by atoms with Crippen molar-refractivity contribution in [2.45, 2.75) is 6.42 Å². The lowest BCUT2D eigenvalue weighted by atomic mass is 10.0. The molecule has 0 heterocycles. The average Bonchev–Trinajstić information content (AvgIpc) is 2.54. The first kappa shape index (κ1) is 16.4. The van der Waals surface area contributed by atoms with E-state index in [-0.39, 0.29) is 11.5 Å². The first-order valence-corrected chi connectivity index (χ1v) is 7.33. The molecule has 0 saturated carbocycles. The Morgan fingerprint density at radius 3 is 1.39 bits per heavy atom. The number of allylic oxidation sites excluding steroid dienone is 4. The maximum absolute atomic E-state index is 9.25. The minimum absolute atomic E-state index is 0.258. The van der Waals surface area contributed by atoms with Crippen LogP contribution in [0.5, 0.6) is 11.5 Å². The monoisotopic (exact) mass is 304 g/mol. The van der Waals surface area contributed by atoms with E-state index in [1.54, 1.807) is 24.3 Å². The van der Waals surface area contributed by atoms with Crippen LogP contribution in [0.4, 0.5) is 0 Å². The van der Waals surface area contributed by atoms with E-state index in [0.29, 0.717) is 6.42 Å². The van der Waals surface area contributed by atoms with Gasteiger partial charge in [-0.1, -0.05) is 72.9 Å². The summed E-state index contributed by atoms with van der Waals surface area (Å²) >= 11 is 0. The van der Waals surface area contributed by atoms with Gasteiger partial charge in [0.1, 0.15) is 11.5 Å². The fourth-order valence-electron chi connectivity index (χ4n) is 2.01. The summed E-state index contributed by atoms with van der Waals surface area (Å²) in [5, 5.41) is 18.5. The summed E-state index contributed by atoms with van der Waals surface area (Å²) < 4.78 is 0. The molecular formula is C21H20O2. The van der Waals surface area contributed by atoms with E-state index in [1.165, 1.54) is 0 Å². The third kappa shape index (κ3) is 5.71. The molecule has 0 spiro atoms. The quantitative estimate of drug-likeness (QED) is 0.708. The molecule has 0 bridgehead atoms. The highest BCUT2D eigenvalue weighted by molar-refractivity contribution is 5.56. The Kier molecular flexibility index (Phi) is 5.59. The van der Waals surface area contributed by atoms with Crippen LogP contribution < -0.4 is 0 Å². The molecule has 2 heteroatoms. The zero-order chi connectivity index (χ0) is 16.7. The lowest BCUT2D eigenvalue weighted by Crippen LogP contribution is -1.80. The average molecular weight is 304 g/mol. The third-order valence-corrected chi connectivity index (χ3v) is 3.26. The van der Waals surface area contributed by atoms with Crippen molar-refractivity contribution >= 4 is 12.2 Å². The van der Waals surface area contributed by atoms with E-state index in [1.807, 2.05) is 48.6 Å². The molecule has 0 aliphatic heterocycles. The molecule has 0 aliphatic carbocycles. The molecule has 2 aromatic rings. The first-order valence-electron chi connectivity index (χ1n) is 7.33. The van der Waals surface area contributed by atoms with Crippen LogP contribution in [-0.4, -0.2) is 10.2 Å². The SMILES string of the molecule is C=C(/C=C/c1ccc(O)cc1)CC(=C)/C=C/c1ccc(O)cc1. The number of hydrogen-bond acceptors (Lipinski definition) is 2. The normalized spacial score (nSPS) is 11.1. The second-order valence-corrected chi connectivity index (χ2v) is 5.34. The third-order valence-electron chi connectivity index (χ3n) is 3.26. The predicted octanol–water partition coefficient (Wildman–Crippen LogP) is 5.33. The minimum atomic E-state index is 0.258. The maximum Gasteiger partial charge on any atom is 0.115 e. The Morgan fingerprint density at radius 1 is 0.696 bits per heavy atom. The van der Waals surface area contributed by atoms with Crippen molar-refractivity contribution in [3.8, 4) is 11.5 Å². The zero-order valence-electron chi connectivity index (χ0n) is 12.9. The fourth-order valence-corrected chi connectivity index (χ4v) is 2.01. The molecule has 0 aromatic heterocycles. The number of rotatable bonds is 6. The van der Waals surface area contributed by atoms with Crippen LogP contribution in [0.15, 0.2) is 85.0 Å². The smallest absolute Gasteiger partial charge is 0.115 e. The Morgan fingerprint density at radius 2 is 1.04 bits per heavy atom. The number of hydrogen-bond donors (Lipinski definition) is 2. The molecule has 2 aromatic carbocycles. The molecule has 0 unspecified atom stereocenters. The summed E-state index contributed by atoms with van der Waals surface area (Å²) in [5.41, 5.74) is 3.93. The molecule has 0 radical (unpaired) electrons. The van der Waals surface area contributed by atoms with Crippen LogP contribution >= 0.6 is 0 Å². The summed E-state index contributed by atoms with van der Waals surface area (Å²) in [7, 11) is 0. The van der Waals surface area contributed by atoms with Gasteiger partial charge < -0.3 is 10.2 Å². The van der Waals surface area contributed by atoms with Crippen molar-refractivity contribution in [2.24, 2.45) is 0 Å². The minimum Gasteiger partial charge on any atom is -0.508 e. The second kappa shape index (κ2) is 7.85. The van der Waals surface area contributed by atoms with Crippen molar-refractivity contribution in [3.63, 3.8) is 0 Å². The summed E-state index contributed by atoms with van der Waals surface area (Å²) in [6.07, 6.45) is 8.50. The van der Waals surface area contributed by atoms with Crippen LogP contribution in [-0.2, 0) is 0 Å². The van der Waals surface area contributed by atoms with Gasteiger partial charge in [-0.15, -0.1) is 0 Å². The molecule has 2 nitrogen and oxygen atoms in total. The van der Waals surface area contributed by atoms with E-state index >= 15 is 0 Å². The van der Waals surface area contributed by atoms with Gasteiger partial charge in [-0.2, -0.15) is 0 Å². The first-order chi connectivity index (χ1) is 11.0. The van der Waals surface area contributed by atoms with Gasteiger partial charge >= 0.3 is 0 Å². The van der Waals surface area contributed by atoms with Gasteiger partial charge in [0.15, 0.2) is 0 Å². The van der Waals surface area contributed by atoms with Crippen molar-refractivity contribution in [2.75, 3.05) is 0 Å². The van der Waals surface area contributed by atoms with Gasteiger partial charge in [0.2, 0.25) is 0 Å². The van der Waals surface area contributed by atoms with E-state index in [0.717, 1.165) is 22.3 Å². The maximum atomic E-state index is 9.25. The lowest BCUT2D eigenvalue weighted by molar-refractivity contribution is 0.474. The standard InChI is InChI=1S/C21H20O2/c1-16(3-5-18-7-11-20(22)12-8-18)15-17(2)4-6-19-9-13-21(23)14-10-19/h3-14,22-23H,1-2,15H2/b5-3+,6-4+. The molecular weight excluding hydrogens is 284 g/mol. The molecule has 116 valence electrons. The van der Waals surface area contributed by atoms with Gasteiger partial charge in [0.05, 0.1) is 0 Å². The molecule has 0 amide bonds. The summed E-state index contributed by atoms with van der Waals surface area (Å²) in [4.78, 5) is 0. The molecule has 2 N–H and O–H groups in total. The summed E-state index contributed by atoms with van der Waals surface area (Å²) in [6, 6.07) is 14.0. The predicted molar refractivity (Wildman–Crippen MR) is 97.2 cm³/mol. The Labute approximate surface area is 137 Å². The molecule has 0 atom stereocenters. The molecule has 0 saturated heterocycles. The van der Waals surface area contributed by atoms with E-state index in [4.69, 9.17) is 0 Å². The van der Waals surface area contributed by atoms with Gasteiger partial charge in [-0.25, -0.2) is 0 Å². The van der Waals surface area contributed by atoms with Crippen LogP contribution in [0.25, 0.3) is 12.2 Å². The van der Waals surface area contributed by atoms with Crippen molar-refractivity contribution in [1.82, 2.24) is 0 Å². The number of phenols is 2. The van der Waals surface area contributed by atoms with E-state index in [2.05, 4.69) is 13.2 Å². The topological polar surface area (TPSA) is 40.5 Å². The number of benzene rings is 2. The van der Waals surface area contributed by atoms with Crippen LogP contribution in [0, 0.1) is 0 Å². The summed E-state index contributed by atoms with van der Waals surface area (Å²) in [5.74, 6) is 0.516. The Bertz CT molecular complexity index is 667. The fraction of sp³-hybridized carbons (Fsp3) is 0.0476. The van der Waals surface area contributed by atoms with Crippen LogP contribution in [0.1, 0.15) is 17.5 Å². The highest BCUT2D eigenvalue weighted by Crippen LogP contribution is 2.16. The highest BCUT2D eigenvalue weighted by Gasteiger charge is 1.94. The van der Waals surface area contributed by atoms with Crippen molar-refractivity contribution < 1.29 is 10.2 Å². The largest absolute Gasteiger partial charge is 0.508 e. The number of aromatic hydroxyl groups is 2. The number of phenolic OH excluding ortho intramolecular Hbond substituents is 2. The molecule has 2 rings (SSSR count). The van der Waals surface area contributed by atoms with Crippen LogP contribution in [0.3, 0.4) is 0 Å². The molecule has 0 aliphatic rings. The second-order valence-electron chi connectivity index (χ2n) is 5.34. The van der Waals surface area contributed by atoms with E-state index in [9.17, 15) is 10.2 Å². The van der Waals surface area contributed by atoms with E-state index < -0.39 is 0 Å². The highest BCUT2D eigenvalue weighted by atomic mass is 16.3. The molecule has 23 heavy (non-hydrogen) atoms. The van der Waals surface area contributed by atoms with Gasteiger partial charge in [0.25, 0.3) is 0 Å². The Balaban J connectivity index is 1.88. The van der Waals surface area contributed by atoms with Gasteiger partial charge in [-0.3, -0.25) is 0 Å². The zero-order valence-corrected chi connectivity index (χ0v) is 12.9. The lowest BCUT2D eigenvalue weighted by Gasteiger charge is -2.01.